The summed E-state index contributed by atoms with van der Waals surface area (Å²) < 4.78 is 7.84. The number of hydrogen-bond acceptors (Lipinski definition) is 4. The van der Waals surface area contributed by atoms with E-state index in [1.54, 1.807) is 4.68 Å². The Morgan fingerprint density at radius 3 is 2.83 bits per heavy atom. The van der Waals surface area contributed by atoms with Gasteiger partial charge in [0.1, 0.15) is 12.1 Å². The average molecular weight is 318 g/mol. The summed E-state index contributed by atoms with van der Waals surface area (Å²) in [6.45, 7) is 7.02. The van der Waals surface area contributed by atoms with Crippen molar-refractivity contribution in [1.29, 1.82) is 0 Å². The van der Waals surface area contributed by atoms with Crippen molar-refractivity contribution in [3.63, 3.8) is 0 Å². The molecule has 1 aromatic heterocycles. The molecule has 1 spiro atoms. The van der Waals surface area contributed by atoms with Crippen LogP contribution in [0, 0.1) is 6.92 Å². The van der Waals surface area contributed by atoms with Crippen molar-refractivity contribution in [2.24, 2.45) is 0 Å². The van der Waals surface area contributed by atoms with Gasteiger partial charge in [-0.15, -0.1) is 0 Å². The lowest BCUT2D eigenvalue weighted by molar-refractivity contribution is -0.158. The van der Waals surface area contributed by atoms with Crippen LogP contribution in [0.4, 0.5) is 0 Å². The highest BCUT2D eigenvalue weighted by Gasteiger charge is 2.52. The van der Waals surface area contributed by atoms with Gasteiger partial charge in [0.2, 0.25) is 5.91 Å². The molecule has 1 unspecified atom stereocenters. The lowest BCUT2D eigenvalue weighted by Gasteiger charge is -2.47. The molecule has 3 aliphatic rings. The summed E-state index contributed by atoms with van der Waals surface area (Å²) in [6, 6.07) is 2.48. The van der Waals surface area contributed by atoms with E-state index in [2.05, 4.69) is 10.00 Å². The van der Waals surface area contributed by atoms with Crippen molar-refractivity contribution < 1.29 is 9.53 Å². The Hall–Kier alpha value is -1.40. The molecule has 3 aliphatic heterocycles. The zero-order valence-electron chi connectivity index (χ0n) is 13.9. The van der Waals surface area contributed by atoms with Crippen LogP contribution in [0.5, 0.6) is 0 Å². The molecule has 126 valence electrons. The number of carbonyl (C=O) groups is 1. The van der Waals surface area contributed by atoms with Gasteiger partial charge in [0.15, 0.2) is 0 Å². The van der Waals surface area contributed by atoms with Crippen LogP contribution in [-0.2, 0) is 16.1 Å². The van der Waals surface area contributed by atoms with Crippen LogP contribution >= 0.6 is 0 Å². The van der Waals surface area contributed by atoms with E-state index in [-0.39, 0.29) is 11.5 Å². The molecule has 3 saturated heterocycles. The molecule has 3 fully saturated rings. The monoisotopic (exact) mass is 318 g/mol. The molecule has 0 bridgehead atoms. The highest BCUT2D eigenvalue weighted by molar-refractivity contribution is 5.77. The van der Waals surface area contributed by atoms with Gasteiger partial charge < -0.3 is 9.64 Å². The first kappa shape index (κ1) is 15.1. The standard InChI is InChI=1S/C17H26N4O2/c1-14-5-8-21(18-14)10-16(22)20-12-17(13-20)9-15(11-23-17)19-6-3-2-4-7-19/h5,8,15H,2-4,6-7,9-13H2,1H3. The maximum atomic E-state index is 12.3. The quantitative estimate of drug-likeness (QED) is 0.836. The van der Waals surface area contributed by atoms with Gasteiger partial charge >= 0.3 is 0 Å². The van der Waals surface area contributed by atoms with Crippen LogP contribution in [0.2, 0.25) is 0 Å². The van der Waals surface area contributed by atoms with Crippen LogP contribution in [0.15, 0.2) is 12.3 Å². The van der Waals surface area contributed by atoms with Crippen molar-refractivity contribution in [2.45, 2.75) is 50.8 Å². The van der Waals surface area contributed by atoms with E-state index in [1.165, 1.54) is 32.4 Å². The minimum atomic E-state index is -0.0716. The number of aryl methyl sites for hydroxylation is 1. The summed E-state index contributed by atoms with van der Waals surface area (Å²) in [5.74, 6) is 0.142. The second-order valence-electron chi connectivity index (χ2n) is 7.35. The Kier molecular flexibility index (Phi) is 3.89. The third-order valence-corrected chi connectivity index (χ3v) is 5.48. The minimum Gasteiger partial charge on any atom is -0.370 e. The van der Waals surface area contributed by atoms with Gasteiger partial charge in [-0.3, -0.25) is 14.4 Å². The number of hydrogen-bond donors (Lipinski definition) is 0. The zero-order chi connectivity index (χ0) is 15.9. The van der Waals surface area contributed by atoms with E-state index in [4.69, 9.17) is 4.74 Å². The van der Waals surface area contributed by atoms with E-state index in [9.17, 15) is 4.79 Å². The van der Waals surface area contributed by atoms with Gasteiger partial charge in [-0.2, -0.15) is 5.10 Å². The Morgan fingerprint density at radius 1 is 1.35 bits per heavy atom. The predicted molar refractivity (Wildman–Crippen MR) is 86.1 cm³/mol. The van der Waals surface area contributed by atoms with Gasteiger partial charge in [-0.1, -0.05) is 6.42 Å². The lowest BCUT2D eigenvalue weighted by Crippen LogP contribution is -2.64. The number of ether oxygens (including phenoxy) is 1. The summed E-state index contributed by atoms with van der Waals surface area (Å²) >= 11 is 0. The number of piperidine rings is 1. The van der Waals surface area contributed by atoms with Gasteiger partial charge in [-0.05, 0) is 45.3 Å². The number of carbonyl (C=O) groups excluding carboxylic acids is 1. The SMILES string of the molecule is Cc1ccn(CC(=O)N2CC3(CC(N4CCCCC4)CO3)C2)n1. The molecule has 6 nitrogen and oxygen atoms in total. The van der Waals surface area contributed by atoms with Crippen LogP contribution < -0.4 is 0 Å². The molecular formula is C17H26N4O2. The third kappa shape index (κ3) is 3.02. The summed E-state index contributed by atoms with van der Waals surface area (Å²) in [6.07, 6.45) is 6.94. The molecule has 0 saturated carbocycles. The molecule has 0 aromatic carbocycles. The Balaban J connectivity index is 1.28. The Bertz CT molecular complexity index is 573. The Morgan fingerprint density at radius 2 is 2.13 bits per heavy atom. The van der Waals surface area contributed by atoms with Gasteiger partial charge in [-0.25, -0.2) is 0 Å². The largest absolute Gasteiger partial charge is 0.370 e. The second kappa shape index (κ2) is 5.91. The molecule has 0 radical (unpaired) electrons. The Labute approximate surface area is 137 Å². The summed E-state index contributed by atoms with van der Waals surface area (Å²) in [4.78, 5) is 16.8. The van der Waals surface area contributed by atoms with Gasteiger partial charge in [0.25, 0.3) is 0 Å². The molecule has 1 atom stereocenters. The summed E-state index contributed by atoms with van der Waals surface area (Å²) in [5.41, 5.74) is 0.874. The normalized spacial score (nSPS) is 27.3. The maximum absolute atomic E-state index is 12.3. The molecular weight excluding hydrogens is 292 g/mol. The lowest BCUT2D eigenvalue weighted by atomic mass is 9.88. The number of amides is 1. The van der Waals surface area contributed by atoms with Crippen LogP contribution in [0.3, 0.4) is 0 Å². The van der Waals surface area contributed by atoms with E-state index in [0.29, 0.717) is 12.6 Å². The highest BCUT2D eigenvalue weighted by Crippen LogP contribution is 2.37. The fourth-order valence-corrected chi connectivity index (χ4v) is 4.17. The fourth-order valence-electron chi connectivity index (χ4n) is 4.17. The predicted octanol–water partition coefficient (Wildman–Crippen LogP) is 1.05. The van der Waals surface area contributed by atoms with Crippen LogP contribution in [0.25, 0.3) is 0 Å². The first-order valence-electron chi connectivity index (χ1n) is 8.79. The number of aromatic nitrogens is 2. The van der Waals surface area contributed by atoms with Crippen LogP contribution in [0.1, 0.15) is 31.4 Å². The molecule has 6 heteroatoms. The topological polar surface area (TPSA) is 50.6 Å². The first-order valence-corrected chi connectivity index (χ1v) is 8.79. The van der Waals surface area contributed by atoms with E-state index < -0.39 is 0 Å². The molecule has 0 aliphatic carbocycles. The molecule has 23 heavy (non-hydrogen) atoms. The smallest absolute Gasteiger partial charge is 0.244 e. The van der Waals surface area contributed by atoms with Crippen molar-refractivity contribution >= 4 is 5.91 Å². The second-order valence-corrected chi connectivity index (χ2v) is 7.35. The highest BCUT2D eigenvalue weighted by atomic mass is 16.5. The van der Waals surface area contributed by atoms with E-state index in [1.807, 2.05) is 24.1 Å². The van der Waals surface area contributed by atoms with Crippen molar-refractivity contribution in [3.05, 3.63) is 18.0 Å². The number of rotatable bonds is 3. The molecule has 4 heterocycles. The first-order chi connectivity index (χ1) is 11.1. The zero-order valence-corrected chi connectivity index (χ0v) is 13.9. The van der Waals surface area contributed by atoms with E-state index in [0.717, 1.165) is 31.8 Å². The van der Waals surface area contributed by atoms with E-state index >= 15 is 0 Å². The molecule has 0 N–H and O–H groups in total. The van der Waals surface area contributed by atoms with Gasteiger partial charge in [0.05, 0.1) is 25.4 Å². The number of nitrogens with zero attached hydrogens (tertiary/aromatic N) is 4. The van der Waals surface area contributed by atoms with Crippen molar-refractivity contribution in [1.82, 2.24) is 19.6 Å². The maximum Gasteiger partial charge on any atom is 0.244 e. The average Bonchev–Trinajstić information content (AvgIpc) is 3.13. The van der Waals surface area contributed by atoms with Gasteiger partial charge in [0, 0.05) is 12.2 Å². The minimum absolute atomic E-state index is 0.0716. The third-order valence-electron chi connectivity index (χ3n) is 5.48. The molecule has 1 amide bonds. The van der Waals surface area contributed by atoms with Crippen molar-refractivity contribution in [2.75, 3.05) is 32.8 Å². The fraction of sp³-hybridized carbons (Fsp3) is 0.765. The van der Waals surface area contributed by atoms with Crippen LogP contribution in [-0.4, -0.2) is 69.9 Å². The number of likely N-dealkylation sites (tertiary alicyclic amines) is 2. The molecule has 1 aromatic rings. The van der Waals surface area contributed by atoms with Crippen molar-refractivity contribution in [3.8, 4) is 0 Å². The summed E-state index contributed by atoms with van der Waals surface area (Å²) in [5, 5.41) is 4.28. The summed E-state index contributed by atoms with van der Waals surface area (Å²) in [7, 11) is 0. The molecule has 4 rings (SSSR count).